The van der Waals surface area contributed by atoms with E-state index in [1.54, 1.807) is 6.20 Å². The Balaban J connectivity index is 0.00000240. The number of fused-ring (bicyclic) bond motifs is 1. The van der Waals surface area contributed by atoms with Crippen molar-refractivity contribution < 1.29 is 9.13 Å². The number of rotatable bonds is 5. The number of pyridine rings is 1. The first kappa shape index (κ1) is 20.9. The molecule has 0 saturated heterocycles. The van der Waals surface area contributed by atoms with Crippen LogP contribution in [0.2, 0.25) is 0 Å². The lowest BCUT2D eigenvalue weighted by molar-refractivity contribution is 0.308. The highest BCUT2D eigenvalue weighted by molar-refractivity contribution is 5.86. The molecule has 2 heterocycles. The largest absolute Gasteiger partial charge is 0.487 e. The third kappa shape index (κ3) is 4.28. The van der Waals surface area contributed by atoms with Crippen LogP contribution < -0.4 is 4.74 Å². The van der Waals surface area contributed by atoms with Crippen LogP contribution in [0.25, 0.3) is 11.0 Å². The van der Waals surface area contributed by atoms with Gasteiger partial charge in [0, 0.05) is 24.5 Å². The molecule has 0 saturated carbocycles. The zero-order valence-electron chi connectivity index (χ0n) is 16.8. The van der Waals surface area contributed by atoms with Gasteiger partial charge in [-0.25, -0.2) is 4.39 Å². The molecule has 0 radical (unpaired) electrons. The fourth-order valence-electron chi connectivity index (χ4n) is 3.56. The fraction of sp³-hybridized carbons (Fsp3) is 0.208. The third-order valence-corrected chi connectivity index (χ3v) is 5.19. The fourth-order valence-corrected chi connectivity index (χ4v) is 3.56. The van der Waals surface area contributed by atoms with E-state index in [0.29, 0.717) is 13.2 Å². The van der Waals surface area contributed by atoms with Gasteiger partial charge >= 0.3 is 0 Å². The Morgan fingerprint density at radius 1 is 0.966 bits per heavy atom. The summed E-state index contributed by atoms with van der Waals surface area (Å²) in [5.41, 5.74) is 7.59. The van der Waals surface area contributed by atoms with E-state index in [4.69, 9.17) is 4.74 Å². The number of benzene rings is 2. The summed E-state index contributed by atoms with van der Waals surface area (Å²) in [6.45, 7) is 7.39. The van der Waals surface area contributed by atoms with Gasteiger partial charge in [-0.05, 0) is 49.6 Å². The highest BCUT2D eigenvalue weighted by Gasteiger charge is 2.17. The highest BCUT2D eigenvalue weighted by Crippen LogP contribution is 2.32. The predicted octanol–water partition coefficient (Wildman–Crippen LogP) is 6.15. The van der Waals surface area contributed by atoms with Crippen LogP contribution >= 0.6 is 12.4 Å². The van der Waals surface area contributed by atoms with Crippen molar-refractivity contribution >= 4 is 23.4 Å². The molecule has 0 fully saturated rings. The molecule has 29 heavy (non-hydrogen) atoms. The summed E-state index contributed by atoms with van der Waals surface area (Å²) in [5.74, 6) is 0.586. The molecule has 2 aromatic heterocycles. The lowest BCUT2D eigenvalue weighted by Gasteiger charge is -2.13. The second kappa shape index (κ2) is 8.66. The molecule has 150 valence electrons. The van der Waals surface area contributed by atoms with Crippen LogP contribution in [0, 0.1) is 26.6 Å². The highest BCUT2D eigenvalue weighted by atomic mass is 35.5. The molecule has 4 rings (SSSR count). The number of hydrogen-bond donors (Lipinski definition) is 0. The summed E-state index contributed by atoms with van der Waals surface area (Å²) in [5, 5.41) is 0. The van der Waals surface area contributed by atoms with E-state index in [0.717, 1.165) is 39.2 Å². The van der Waals surface area contributed by atoms with Gasteiger partial charge in [-0.15, -0.1) is 12.4 Å². The lowest BCUT2D eigenvalue weighted by atomic mass is 10.1. The third-order valence-electron chi connectivity index (χ3n) is 5.19. The van der Waals surface area contributed by atoms with Crippen molar-refractivity contribution in [2.24, 2.45) is 0 Å². The predicted molar refractivity (Wildman–Crippen MR) is 117 cm³/mol. The average molecular weight is 411 g/mol. The van der Waals surface area contributed by atoms with Crippen LogP contribution in [-0.2, 0) is 13.2 Å². The van der Waals surface area contributed by atoms with Crippen LogP contribution in [0.4, 0.5) is 4.39 Å². The summed E-state index contributed by atoms with van der Waals surface area (Å²) in [6.07, 6.45) is 1.79. The summed E-state index contributed by atoms with van der Waals surface area (Å²) in [4.78, 5) is 4.59. The molecule has 0 N–H and O–H groups in total. The molecule has 0 atom stereocenters. The lowest BCUT2D eigenvalue weighted by Crippen LogP contribution is -2.04. The average Bonchev–Trinajstić information content (AvgIpc) is 2.94. The summed E-state index contributed by atoms with van der Waals surface area (Å²) in [7, 11) is 0. The summed E-state index contributed by atoms with van der Waals surface area (Å²) < 4.78 is 21.7. The first-order chi connectivity index (χ1) is 13.5. The van der Waals surface area contributed by atoms with Crippen molar-refractivity contribution in [3.05, 3.63) is 94.6 Å². The van der Waals surface area contributed by atoms with Gasteiger partial charge in [0.25, 0.3) is 0 Å². The maximum Gasteiger partial charge on any atom is 0.147 e. The minimum absolute atomic E-state index is 0. The first-order valence-electron chi connectivity index (χ1n) is 9.40. The van der Waals surface area contributed by atoms with E-state index < -0.39 is 0 Å². The van der Waals surface area contributed by atoms with Gasteiger partial charge in [-0.1, -0.05) is 42.0 Å². The Kier molecular flexibility index (Phi) is 6.23. The molecule has 3 nitrogen and oxygen atoms in total. The maximum atomic E-state index is 13.3. The Morgan fingerprint density at radius 2 is 1.72 bits per heavy atom. The van der Waals surface area contributed by atoms with E-state index in [1.165, 1.54) is 17.7 Å². The van der Waals surface area contributed by atoms with E-state index in [9.17, 15) is 4.39 Å². The second-order valence-electron chi connectivity index (χ2n) is 7.21. The van der Waals surface area contributed by atoms with Gasteiger partial charge in [0.1, 0.15) is 23.7 Å². The molecular weight excluding hydrogens is 387 g/mol. The van der Waals surface area contributed by atoms with Crippen molar-refractivity contribution in [3.8, 4) is 5.75 Å². The van der Waals surface area contributed by atoms with Crippen molar-refractivity contribution in [1.82, 2.24) is 9.55 Å². The molecule has 0 aliphatic carbocycles. The van der Waals surface area contributed by atoms with Crippen molar-refractivity contribution in [3.63, 3.8) is 0 Å². The van der Waals surface area contributed by atoms with Crippen LogP contribution in [0.5, 0.6) is 5.75 Å². The summed E-state index contributed by atoms with van der Waals surface area (Å²) in [6, 6.07) is 16.9. The number of hydrogen-bond acceptors (Lipinski definition) is 2. The van der Waals surface area contributed by atoms with Gasteiger partial charge in [0.15, 0.2) is 0 Å². The van der Waals surface area contributed by atoms with Gasteiger partial charge in [0.2, 0.25) is 0 Å². The minimum Gasteiger partial charge on any atom is -0.487 e. The number of ether oxygens (including phenoxy) is 1. The van der Waals surface area contributed by atoms with Crippen molar-refractivity contribution in [1.29, 1.82) is 0 Å². The number of nitrogens with zero attached hydrogens (tertiary/aromatic N) is 2. The van der Waals surface area contributed by atoms with E-state index >= 15 is 0 Å². The number of aromatic nitrogens is 2. The molecule has 0 bridgehead atoms. The molecule has 0 aliphatic heterocycles. The van der Waals surface area contributed by atoms with Crippen LogP contribution in [0.3, 0.4) is 0 Å². The standard InChI is InChI=1S/C24H23FN2O.ClH/c1-16-5-4-6-20(13-16)15-28-22-11-12-26-23-17(2)18(3)27(24(22)23)14-19-7-9-21(25)10-8-19;/h4-13H,14-15H2,1-3H3;1H. The first-order valence-corrected chi connectivity index (χ1v) is 9.40. The van der Waals surface area contributed by atoms with Crippen molar-refractivity contribution in [2.45, 2.75) is 33.9 Å². The zero-order valence-corrected chi connectivity index (χ0v) is 17.6. The Morgan fingerprint density at radius 3 is 2.45 bits per heavy atom. The van der Waals surface area contributed by atoms with E-state index in [-0.39, 0.29) is 18.2 Å². The molecule has 0 spiro atoms. The number of aryl methyl sites for hydroxylation is 2. The molecule has 4 aromatic rings. The van der Waals surface area contributed by atoms with Crippen LogP contribution in [0.15, 0.2) is 60.8 Å². The molecule has 0 aliphatic rings. The SMILES string of the molecule is Cc1cccc(COc2ccnc3c(C)c(C)n(Cc4ccc(F)cc4)c23)c1.Cl. The molecule has 0 unspecified atom stereocenters. The maximum absolute atomic E-state index is 13.3. The monoisotopic (exact) mass is 410 g/mol. The minimum atomic E-state index is -0.224. The van der Waals surface area contributed by atoms with E-state index in [1.807, 2.05) is 24.3 Å². The Labute approximate surface area is 176 Å². The Hall–Kier alpha value is -2.85. The van der Waals surface area contributed by atoms with Gasteiger partial charge in [-0.2, -0.15) is 0 Å². The molecule has 2 aromatic carbocycles. The quantitative estimate of drug-likeness (QED) is 0.394. The smallest absolute Gasteiger partial charge is 0.147 e. The van der Waals surface area contributed by atoms with E-state index in [2.05, 4.69) is 48.5 Å². The van der Waals surface area contributed by atoms with Gasteiger partial charge in [-0.3, -0.25) is 4.98 Å². The van der Waals surface area contributed by atoms with Gasteiger partial charge in [0.05, 0.1) is 5.52 Å². The number of halogens is 2. The Bertz CT molecular complexity index is 1140. The molecular formula is C24H24ClFN2O. The van der Waals surface area contributed by atoms with Crippen LogP contribution in [0.1, 0.15) is 27.9 Å². The normalized spacial score (nSPS) is 10.8. The topological polar surface area (TPSA) is 27.1 Å². The molecule has 5 heteroatoms. The van der Waals surface area contributed by atoms with Crippen molar-refractivity contribution in [2.75, 3.05) is 0 Å². The summed E-state index contributed by atoms with van der Waals surface area (Å²) >= 11 is 0. The zero-order chi connectivity index (χ0) is 19.7. The van der Waals surface area contributed by atoms with Gasteiger partial charge < -0.3 is 9.30 Å². The molecule has 0 amide bonds. The second-order valence-corrected chi connectivity index (χ2v) is 7.21. The van der Waals surface area contributed by atoms with Crippen LogP contribution in [-0.4, -0.2) is 9.55 Å².